The number of fused-ring (bicyclic) bond motifs is 2. The second-order valence-electron chi connectivity index (χ2n) is 8.81. The number of aromatic nitrogens is 3. The van der Waals surface area contributed by atoms with Gasteiger partial charge in [0.25, 0.3) is 0 Å². The van der Waals surface area contributed by atoms with Crippen molar-refractivity contribution in [2.24, 2.45) is 17.6 Å². The number of benzene rings is 2. The highest BCUT2D eigenvalue weighted by atomic mass is 32.2. The number of piperidine rings is 1. The second kappa shape index (κ2) is 8.08. The van der Waals surface area contributed by atoms with E-state index in [0.29, 0.717) is 18.4 Å². The average Bonchev–Trinajstić information content (AvgIpc) is 3.52. The molecular formula is C26H24FN5S. The van der Waals surface area contributed by atoms with Crippen LogP contribution < -0.4 is 10.6 Å². The molecule has 3 atom stereocenters. The highest BCUT2D eigenvalue weighted by Gasteiger charge is 2.66. The SMILES string of the molecule is NC[C@]1(c2ccccc2F)[C@@H]2CCN(c3cnc(Sc4cccc5ncccc45)cn3)C[C@@H]21. The number of rotatable bonds is 5. The lowest BCUT2D eigenvalue weighted by atomic mass is 9.91. The molecule has 1 aliphatic carbocycles. The molecule has 0 spiro atoms. The van der Waals surface area contributed by atoms with Crippen molar-refractivity contribution < 1.29 is 4.39 Å². The molecule has 1 saturated carbocycles. The summed E-state index contributed by atoms with van der Waals surface area (Å²) in [6, 6.07) is 17.2. The molecule has 0 radical (unpaired) electrons. The topological polar surface area (TPSA) is 67.9 Å². The minimum Gasteiger partial charge on any atom is -0.355 e. The van der Waals surface area contributed by atoms with Gasteiger partial charge in [0, 0.05) is 41.5 Å². The molecule has 3 heterocycles. The predicted molar refractivity (Wildman–Crippen MR) is 129 cm³/mol. The van der Waals surface area contributed by atoms with Gasteiger partial charge in [-0.05, 0) is 48.1 Å². The molecule has 2 aromatic carbocycles. The molecule has 6 rings (SSSR count). The Balaban J connectivity index is 1.20. The Hall–Kier alpha value is -3.03. The Morgan fingerprint density at radius 3 is 2.73 bits per heavy atom. The molecule has 1 aliphatic heterocycles. The summed E-state index contributed by atoms with van der Waals surface area (Å²) < 4.78 is 14.6. The molecule has 2 N–H and O–H groups in total. The Morgan fingerprint density at radius 2 is 1.91 bits per heavy atom. The largest absolute Gasteiger partial charge is 0.355 e. The monoisotopic (exact) mass is 457 g/mol. The molecule has 4 aromatic rings. The van der Waals surface area contributed by atoms with Gasteiger partial charge >= 0.3 is 0 Å². The van der Waals surface area contributed by atoms with Gasteiger partial charge < -0.3 is 10.6 Å². The van der Waals surface area contributed by atoms with Crippen LogP contribution in [-0.4, -0.2) is 34.6 Å². The van der Waals surface area contributed by atoms with E-state index in [-0.39, 0.29) is 11.2 Å². The number of nitrogens with zero attached hydrogens (tertiary/aromatic N) is 4. The van der Waals surface area contributed by atoms with Crippen molar-refractivity contribution in [3.63, 3.8) is 0 Å². The van der Waals surface area contributed by atoms with Gasteiger partial charge in [-0.1, -0.05) is 42.1 Å². The lowest BCUT2D eigenvalue weighted by Gasteiger charge is -2.27. The van der Waals surface area contributed by atoms with Crippen molar-refractivity contribution in [2.75, 3.05) is 24.5 Å². The van der Waals surface area contributed by atoms with Crippen LogP contribution >= 0.6 is 11.8 Å². The van der Waals surface area contributed by atoms with E-state index in [1.807, 2.05) is 42.7 Å². The first-order chi connectivity index (χ1) is 16.2. The Labute approximate surface area is 196 Å². The molecule has 33 heavy (non-hydrogen) atoms. The van der Waals surface area contributed by atoms with Crippen LogP contribution in [0.1, 0.15) is 12.0 Å². The van der Waals surface area contributed by atoms with Gasteiger partial charge in [-0.3, -0.25) is 4.98 Å². The first kappa shape index (κ1) is 20.6. The number of nitrogens with two attached hydrogens (primary N) is 1. The maximum absolute atomic E-state index is 14.6. The molecule has 166 valence electrons. The molecule has 1 saturated heterocycles. The standard InChI is InChI=1S/C26H24FN5S/c27-21-7-2-1-6-19(21)26(16-28)18-10-12-32(15-20(18)26)24-13-31-25(14-30-24)33-23-9-3-8-22-17(23)5-4-11-29-22/h1-9,11,13-14,18,20H,10,12,15-16,28H2/t18-,20+,26-/m1/s1. The van der Waals surface area contributed by atoms with Crippen molar-refractivity contribution in [1.82, 2.24) is 15.0 Å². The fraction of sp³-hybridized carbons (Fsp3) is 0.269. The summed E-state index contributed by atoms with van der Waals surface area (Å²) in [5, 5.41) is 1.96. The number of hydrogen-bond donors (Lipinski definition) is 1. The molecule has 2 fully saturated rings. The fourth-order valence-electron chi connectivity index (χ4n) is 5.64. The summed E-state index contributed by atoms with van der Waals surface area (Å²) >= 11 is 1.59. The highest BCUT2D eigenvalue weighted by Crippen LogP contribution is 2.63. The summed E-state index contributed by atoms with van der Waals surface area (Å²) in [5.41, 5.74) is 7.71. The van der Waals surface area contributed by atoms with Gasteiger partial charge in [0.15, 0.2) is 0 Å². The molecule has 2 aliphatic rings. The fourth-order valence-corrected chi connectivity index (χ4v) is 6.50. The Kier molecular flexibility index (Phi) is 5.03. The molecular weight excluding hydrogens is 433 g/mol. The van der Waals surface area contributed by atoms with E-state index in [1.165, 1.54) is 0 Å². The highest BCUT2D eigenvalue weighted by molar-refractivity contribution is 7.99. The number of hydrogen-bond acceptors (Lipinski definition) is 6. The summed E-state index contributed by atoms with van der Waals surface area (Å²) in [4.78, 5) is 17.2. The molecule has 5 nitrogen and oxygen atoms in total. The Bertz CT molecular complexity index is 1310. The van der Waals surface area contributed by atoms with Gasteiger partial charge in [-0.15, -0.1) is 0 Å². The number of halogens is 1. The maximum atomic E-state index is 14.6. The van der Waals surface area contributed by atoms with Crippen molar-refractivity contribution >= 4 is 28.5 Å². The minimum atomic E-state index is -0.258. The van der Waals surface area contributed by atoms with E-state index in [0.717, 1.165) is 51.7 Å². The van der Waals surface area contributed by atoms with Crippen LogP contribution in [0.4, 0.5) is 10.2 Å². The van der Waals surface area contributed by atoms with Crippen molar-refractivity contribution in [2.45, 2.75) is 21.8 Å². The van der Waals surface area contributed by atoms with E-state index in [9.17, 15) is 4.39 Å². The van der Waals surface area contributed by atoms with Crippen LogP contribution in [0, 0.1) is 17.7 Å². The van der Waals surface area contributed by atoms with Gasteiger partial charge in [-0.25, -0.2) is 14.4 Å². The zero-order valence-corrected chi connectivity index (χ0v) is 18.9. The minimum absolute atomic E-state index is 0.145. The average molecular weight is 458 g/mol. The van der Waals surface area contributed by atoms with E-state index in [4.69, 9.17) is 10.7 Å². The van der Waals surface area contributed by atoms with E-state index in [2.05, 4.69) is 27.0 Å². The third-order valence-electron chi connectivity index (χ3n) is 7.30. The van der Waals surface area contributed by atoms with Crippen LogP contribution in [0.25, 0.3) is 10.9 Å². The summed E-state index contributed by atoms with van der Waals surface area (Å²) in [5.74, 6) is 1.49. The molecule has 0 bridgehead atoms. The normalized spacial score (nSPS) is 24.0. The lowest BCUT2D eigenvalue weighted by molar-refractivity contribution is 0.533. The Morgan fingerprint density at radius 1 is 1.00 bits per heavy atom. The summed E-state index contributed by atoms with van der Waals surface area (Å²) in [6.07, 6.45) is 6.47. The van der Waals surface area contributed by atoms with Gasteiger partial charge in [0.2, 0.25) is 0 Å². The van der Waals surface area contributed by atoms with E-state index >= 15 is 0 Å². The van der Waals surface area contributed by atoms with E-state index < -0.39 is 0 Å². The third-order valence-corrected chi connectivity index (χ3v) is 8.29. The first-order valence-electron chi connectivity index (χ1n) is 11.2. The summed E-state index contributed by atoms with van der Waals surface area (Å²) in [7, 11) is 0. The zero-order valence-electron chi connectivity index (χ0n) is 18.1. The van der Waals surface area contributed by atoms with E-state index in [1.54, 1.807) is 30.1 Å². The first-order valence-corrected chi connectivity index (χ1v) is 12.1. The van der Waals surface area contributed by atoms with Gasteiger partial charge in [0.05, 0.1) is 17.9 Å². The van der Waals surface area contributed by atoms with Crippen LogP contribution in [0.3, 0.4) is 0 Å². The molecule has 0 unspecified atom stereocenters. The smallest absolute Gasteiger partial charge is 0.147 e. The van der Waals surface area contributed by atoms with Gasteiger partial charge in [-0.2, -0.15) is 0 Å². The van der Waals surface area contributed by atoms with Gasteiger partial charge in [0.1, 0.15) is 16.7 Å². The van der Waals surface area contributed by atoms with Crippen LogP contribution in [0.2, 0.25) is 0 Å². The molecule has 7 heteroatoms. The van der Waals surface area contributed by atoms with Crippen LogP contribution in [0.15, 0.2) is 83.1 Å². The lowest BCUT2D eigenvalue weighted by Crippen LogP contribution is -2.32. The number of pyridine rings is 1. The zero-order chi connectivity index (χ0) is 22.4. The maximum Gasteiger partial charge on any atom is 0.147 e. The van der Waals surface area contributed by atoms with Crippen molar-refractivity contribution in [3.8, 4) is 0 Å². The third kappa shape index (κ3) is 3.38. The molecule has 0 amide bonds. The van der Waals surface area contributed by atoms with Crippen molar-refractivity contribution in [3.05, 3.63) is 84.6 Å². The predicted octanol–water partition coefficient (Wildman–Crippen LogP) is 4.67. The van der Waals surface area contributed by atoms with Crippen LogP contribution in [0.5, 0.6) is 0 Å². The van der Waals surface area contributed by atoms with Crippen molar-refractivity contribution in [1.29, 1.82) is 0 Å². The second-order valence-corrected chi connectivity index (χ2v) is 9.88. The van der Waals surface area contributed by atoms with Crippen LogP contribution in [-0.2, 0) is 5.41 Å². The molecule has 2 aromatic heterocycles. The summed E-state index contributed by atoms with van der Waals surface area (Å²) in [6.45, 7) is 2.18. The quantitative estimate of drug-likeness (QED) is 0.470. The number of anilines is 1.